The largest absolute Gasteiger partial charge is 0.493 e. The molecule has 0 aliphatic carbocycles. The maximum absolute atomic E-state index is 11.7. The van der Waals surface area contributed by atoms with Gasteiger partial charge in [-0.05, 0) is 42.3 Å². The second-order valence-corrected chi connectivity index (χ2v) is 7.09. The molecule has 0 spiro atoms. The van der Waals surface area contributed by atoms with Crippen LogP contribution in [0.25, 0.3) is 0 Å². The van der Waals surface area contributed by atoms with Gasteiger partial charge in [-0.1, -0.05) is 28.1 Å². The lowest BCUT2D eigenvalue weighted by atomic mass is 10.1. The lowest BCUT2D eigenvalue weighted by Crippen LogP contribution is -2.11. The van der Waals surface area contributed by atoms with Crippen LogP contribution in [0.2, 0.25) is 0 Å². The zero-order chi connectivity index (χ0) is 21.5. The molecule has 0 aliphatic heterocycles. The van der Waals surface area contributed by atoms with Crippen molar-refractivity contribution in [1.82, 2.24) is 9.97 Å². The Morgan fingerprint density at radius 1 is 1.07 bits per heavy atom. The predicted molar refractivity (Wildman–Crippen MR) is 118 cm³/mol. The topological polar surface area (TPSA) is 111 Å². The summed E-state index contributed by atoms with van der Waals surface area (Å²) in [6.45, 7) is 0.434. The summed E-state index contributed by atoms with van der Waals surface area (Å²) in [4.78, 5) is 19.3. The molecular weight excluding hydrogens is 454 g/mol. The van der Waals surface area contributed by atoms with Gasteiger partial charge in [0.2, 0.25) is 11.6 Å². The molecule has 2 aromatic carbocycles. The van der Waals surface area contributed by atoms with E-state index in [2.05, 4.69) is 36.5 Å². The van der Waals surface area contributed by atoms with Gasteiger partial charge in [0.25, 0.3) is 0 Å². The van der Waals surface area contributed by atoms with Crippen LogP contribution in [-0.2, 0) is 6.42 Å². The highest BCUT2D eigenvalue weighted by Gasteiger charge is 2.23. The van der Waals surface area contributed by atoms with Gasteiger partial charge >= 0.3 is 5.69 Å². The highest BCUT2D eigenvalue weighted by atomic mass is 79.9. The fraction of sp³-hybridized carbons (Fsp3) is 0.200. The molecule has 0 unspecified atom stereocenters. The summed E-state index contributed by atoms with van der Waals surface area (Å²) in [7, 11) is 3.15. The minimum atomic E-state index is -0.501. The normalized spacial score (nSPS) is 10.4. The Morgan fingerprint density at radius 2 is 1.83 bits per heavy atom. The van der Waals surface area contributed by atoms with Crippen LogP contribution >= 0.6 is 15.9 Å². The number of benzene rings is 2. The summed E-state index contributed by atoms with van der Waals surface area (Å²) in [6.07, 6.45) is 1.89. The van der Waals surface area contributed by atoms with Crippen molar-refractivity contribution in [1.29, 1.82) is 0 Å². The van der Waals surface area contributed by atoms with Gasteiger partial charge in [-0.3, -0.25) is 10.1 Å². The molecule has 0 saturated heterocycles. The number of hydrogen-bond acceptors (Lipinski definition) is 8. The van der Waals surface area contributed by atoms with Crippen LogP contribution in [0.5, 0.6) is 11.5 Å². The first-order chi connectivity index (χ1) is 14.5. The van der Waals surface area contributed by atoms with E-state index < -0.39 is 4.92 Å². The van der Waals surface area contributed by atoms with Crippen LogP contribution in [0.15, 0.2) is 53.3 Å². The fourth-order valence-corrected chi connectivity index (χ4v) is 3.24. The maximum Gasteiger partial charge on any atom is 0.353 e. The van der Waals surface area contributed by atoms with E-state index in [4.69, 9.17) is 9.47 Å². The summed E-state index contributed by atoms with van der Waals surface area (Å²) in [5, 5.41) is 17.7. The molecule has 0 aliphatic rings. The van der Waals surface area contributed by atoms with Crippen molar-refractivity contribution in [3.63, 3.8) is 0 Å². The third-order valence-corrected chi connectivity index (χ3v) is 4.74. The molecule has 0 atom stereocenters. The summed E-state index contributed by atoms with van der Waals surface area (Å²) in [5.74, 6) is 1.53. The fourth-order valence-electron chi connectivity index (χ4n) is 2.84. The van der Waals surface area contributed by atoms with Crippen molar-refractivity contribution in [3.05, 3.63) is 68.9 Å². The average Bonchev–Trinajstić information content (AvgIpc) is 2.73. The molecule has 30 heavy (non-hydrogen) atoms. The molecule has 156 valence electrons. The molecule has 0 fully saturated rings. The molecular formula is C20H20BrN5O4. The van der Waals surface area contributed by atoms with Crippen molar-refractivity contribution >= 4 is 38.9 Å². The molecule has 2 N–H and O–H groups in total. The number of hydrogen-bond donors (Lipinski definition) is 2. The second-order valence-electron chi connectivity index (χ2n) is 6.18. The van der Waals surface area contributed by atoms with Crippen LogP contribution in [0.1, 0.15) is 5.56 Å². The zero-order valence-electron chi connectivity index (χ0n) is 16.4. The highest BCUT2D eigenvalue weighted by molar-refractivity contribution is 9.10. The molecule has 0 amide bonds. The van der Waals surface area contributed by atoms with E-state index in [0.717, 1.165) is 10.0 Å². The van der Waals surface area contributed by atoms with E-state index >= 15 is 0 Å². The Labute approximate surface area is 181 Å². The lowest BCUT2D eigenvalue weighted by Gasteiger charge is -2.11. The Morgan fingerprint density at radius 3 is 2.53 bits per heavy atom. The lowest BCUT2D eigenvalue weighted by molar-refractivity contribution is -0.383. The summed E-state index contributed by atoms with van der Waals surface area (Å²) >= 11 is 3.38. The summed E-state index contributed by atoms with van der Waals surface area (Å²) in [5.41, 5.74) is 1.44. The Balaban J connectivity index is 1.75. The summed E-state index contributed by atoms with van der Waals surface area (Å²) in [6, 6.07) is 12.9. The molecule has 0 bridgehead atoms. The number of ether oxygens (including phenoxy) is 2. The summed E-state index contributed by atoms with van der Waals surface area (Å²) < 4.78 is 11.4. The van der Waals surface area contributed by atoms with Crippen LogP contribution in [-0.4, -0.2) is 35.7 Å². The van der Waals surface area contributed by atoms with Gasteiger partial charge in [0, 0.05) is 16.7 Å². The van der Waals surface area contributed by atoms with Gasteiger partial charge in [0.1, 0.15) is 6.33 Å². The van der Waals surface area contributed by atoms with Gasteiger partial charge in [-0.2, -0.15) is 0 Å². The standard InChI is InChI=1S/C20H20BrN5O4/c1-29-16-7-6-13(10-17(16)30-2)8-9-22-19-18(26(27)28)20(24-12-23-19)25-15-5-3-4-14(21)11-15/h3-7,10-12H,8-9H2,1-2H3,(H2,22,23,24,25). The highest BCUT2D eigenvalue weighted by Crippen LogP contribution is 2.32. The Kier molecular flexibility index (Phi) is 7.02. The molecule has 9 nitrogen and oxygen atoms in total. The van der Waals surface area contributed by atoms with E-state index in [1.807, 2.05) is 30.3 Å². The van der Waals surface area contributed by atoms with Gasteiger partial charge in [-0.15, -0.1) is 0 Å². The monoisotopic (exact) mass is 473 g/mol. The number of nitrogens with zero attached hydrogens (tertiary/aromatic N) is 3. The Bertz CT molecular complexity index is 1050. The van der Waals surface area contributed by atoms with E-state index in [1.54, 1.807) is 26.4 Å². The van der Waals surface area contributed by atoms with Crippen molar-refractivity contribution in [2.24, 2.45) is 0 Å². The van der Waals surface area contributed by atoms with Gasteiger partial charge in [0.15, 0.2) is 11.5 Å². The van der Waals surface area contributed by atoms with E-state index in [0.29, 0.717) is 30.2 Å². The smallest absolute Gasteiger partial charge is 0.353 e. The first-order valence-electron chi connectivity index (χ1n) is 8.98. The number of nitrogens with one attached hydrogen (secondary N) is 2. The van der Waals surface area contributed by atoms with Gasteiger partial charge in [0.05, 0.1) is 19.1 Å². The van der Waals surface area contributed by atoms with E-state index in [9.17, 15) is 10.1 Å². The van der Waals surface area contributed by atoms with Gasteiger partial charge in [-0.25, -0.2) is 9.97 Å². The SMILES string of the molecule is COc1ccc(CCNc2ncnc(Nc3cccc(Br)c3)c2[N+](=O)[O-])cc1OC. The molecule has 0 saturated carbocycles. The van der Waals surface area contributed by atoms with Crippen molar-refractivity contribution in [2.75, 3.05) is 31.4 Å². The zero-order valence-corrected chi connectivity index (χ0v) is 18.0. The van der Waals surface area contributed by atoms with Crippen LogP contribution in [0.4, 0.5) is 23.0 Å². The molecule has 1 heterocycles. The minimum Gasteiger partial charge on any atom is -0.493 e. The number of anilines is 3. The van der Waals surface area contributed by atoms with Crippen LogP contribution in [0, 0.1) is 10.1 Å². The van der Waals surface area contributed by atoms with Crippen molar-refractivity contribution < 1.29 is 14.4 Å². The number of halogens is 1. The quantitative estimate of drug-likeness (QED) is 0.343. The Hall–Kier alpha value is -3.40. The number of methoxy groups -OCH3 is 2. The van der Waals surface area contributed by atoms with Gasteiger partial charge < -0.3 is 20.1 Å². The maximum atomic E-state index is 11.7. The predicted octanol–water partition coefficient (Wildman–Crippen LogP) is 4.56. The van der Waals surface area contributed by atoms with E-state index in [-0.39, 0.29) is 17.3 Å². The van der Waals surface area contributed by atoms with Crippen molar-refractivity contribution in [3.8, 4) is 11.5 Å². The minimum absolute atomic E-state index is 0.113. The number of aromatic nitrogens is 2. The molecule has 10 heteroatoms. The molecule has 1 aromatic heterocycles. The number of nitro groups is 1. The molecule has 3 aromatic rings. The van der Waals surface area contributed by atoms with Crippen LogP contribution in [0.3, 0.4) is 0 Å². The van der Waals surface area contributed by atoms with Crippen molar-refractivity contribution in [2.45, 2.75) is 6.42 Å². The van der Waals surface area contributed by atoms with Crippen LogP contribution < -0.4 is 20.1 Å². The van der Waals surface area contributed by atoms with E-state index in [1.165, 1.54) is 6.33 Å². The second kappa shape index (κ2) is 9.88. The first kappa shape index (κ1) is 21.3. The number of rotatable bonds is 9. The first-order valence-corrected chi connectivity index (χ1v) is 9.78. The third kappa shape index (κ3) is 5.15. The molecule has 0 radical (unpaired) electrons. The molecule has 3 rings (SSSR count). The average molecular weight is 474 g/mol. The third-order valence-electron chi connectivity index (χ3n) is 4.25.